The van der Waals surface area contributed by atoms with Crippen LogP contribution in [0.4, 0.5) is 0 Å². The van der Waals surface area contributed by atoms with Gasteiger partial charge in [0.1, 0.15) is 0 Å². The lowest BCUT2D eigenvalue weighted by atomic mass is 10.0. The first kappa shape index (κ1) is 12.5. The number of fused-ring (bicyclic) bond motifs is 3. The Kier molecular flexibility index (Phi) is 2.58. The van der Waals surface area contributed by atoms with E-state index in [2.05, 4.69) is 53.1 Å². The fourth-order valence-electron chi connectivity index (χ4n) is 3.40. The fraction of sp³-hybridized carbons (Fsp3) is 0.278. The smallest absolute Gasteiger partial charge is 0.303 e. The van der Waals surface area contributed by atoms with Gasteiger partial charge in [0.25, 0.3) is 0 Å². The van der Waals surface area contributed by atoms with Crippen LogP contribution in [0, 0.1) is 5.41 Å². The van der Waals surface area contributed by atoms with Crippen LogP contribution in [0.25, 0.3) is 21.8 Å². The maximum atomic E-state index is 11.1. The Bertz CT molecular complexity index is 789. The fourth-order valence-corrected chi connectivity index (χ4v) is 3.40. The first-order chi connectivity index (χ1) is 10.2. The van der Waals surface area contributed by atoms with Gasteiger partial charge in [0.15, 0.2) is 0 Å². The van der Waals surface area contributed by atoms with Crippen LogP contribution in [0.15, 0.2) is 48.5 Å². The number of hydrogen-bond acceptors (Lipinski definition) is 1. The molecule has 1 heterocycles. The normalized spacial score (nSPS) is 16.4. The van der Waals surface area contributed by atoms with E-state index in [-0.39, 0.29) is 11.8 Å². The van der Waals surface area contributed by atoms with Crippen molar-refractivity contribution >= 4 is 27.8 Å². The summed E-state index contributed by atoms with van der Waals surface area (Å²) in [5, 5.41) is 11.6. The molecule has 21 heavy (non-hydrogen) atoms. The lowest BCUT2D eigenvalue weighted by Crippen LogP contribution is -2.15. The van der Waals surface area contributed by atoms with Gasteiger partial charge in [0.05, 0.1) is 6.42 Å². The van der Waals surface area contributed by atoms with E-state index >= 15 is 0 Å². The third-order valence-corrected chi connectivity index (χ3v) is 4.66. The van der Waals surface area contributed by atoms with Crippen LogP contribution in [-0.2, 0) is 11.3 Å². The largest absolute Gasteiger partial charge is 0.481 e. The summed E-state index contributed by atoms with van der Waals surface area (Å²) in [6.07, 6.45) is 2.30. The molecule has 1 saturated carbocycles. The number of carboxylic acid groups (broad SMARTS) is 1. The molecule has 3 aromatic rings. The summed E-state index contributed by atoms with van der Waals surface area (Å²) in [6.45, 7) is 0.799. The lowest BCUT2D eigenvalue weighted by molar-refractivity contribution is -0.138. The number of para-hydroxylation sites is 2. The van der Waals surface area contributed by atoms with Crippen molar-refractivity contribution in [2.45, 2.75) is 25.8 Å². The predicted molar refractivity (Wildman–Crippen MR) is 83.4 cm³/mol. The van der Waals surface area contributed by atoms with Gasteiger partial charge in [-0.05, 0) is 30.4 Å². The van der Waals surface area contributed by atoms with Gasteiger partial charge in [-0.1, -0.05) is 36.4 Å². The third-order valence-electron chi connectivity index (χ3n) is 4.66. The number of carbonyl (C=O) groups is 1. The van der Waals surface area contributed by atoms with Gasteiger partial charge in [0.2, 0.25) is 0 Å². The number of benzene rings is 2. The van der Waals surface area contributed by atoms with E-state index in [1.54, 1.807) is 0 Å². The van der Waals surface area contributed by atoms with Gasteiger partial charge in [-0.3, -0.25) is 4.79 Å². The standard InChI is InChI=1S/C18H17NO2/c20-17(21)11-18(9-10-18)12-19-15-7-3-1-5-13(15)14-6-2-4-8-16(14)19/h1-8H,9-12H2,(H,20,21). The Balaban J connectivity index is 1.88. The van der Waals surface area contributed by atoms with E-state index in [0.29, 0.717) is 0 Å². The molecule has 1 aliphatic rings. The van der Waals surface area contributed by atoms with E-state index in [1.165, 1.54) is 21.8 Å². The number of nitrogens with zero attached hydrogens (tertiary/aromatic N) is 1. The minimum atomic E-state index is -0.687. The maximum absolute atomic E-state index is 11.1. The highest BCUT2D eigenvalue weighted by Gasteiger charge is 2.45. The summed E-state index contributed by atoms with van der Waals surface area (Å²) >= 11 is 0. The molecule has 0 unspecified atom stereocenters. The molecule has 0 amide bonds. The molecule has 1 aromatic heterocycles. The van der Waals surface area contributed by atoms with Crippen LogP contribution in [0.2, 0.25) is 0 Å². The lowest BCUT2D eigenvalue weighted by Gasteiger charge is -2.15. The molecule has 0 bridgehead atoms. The summed E-state index contributed by atoms with van der Waals surface area (Å²) in [6, 6.07) is 16.8. The van der Waals surface area contributed by atoms with Crippen LogP contribution in [0.5, 0.6) is 0 Å². The second-order valence-corrected chi connectivity index (χ2v) is 6.19. The molecule has 2 aromatic carbocycles. The summed E-state index contributed by atoms with van der Waals surface area (Å²) in [5.74, 6) is -0.687. The molecule has 4 rings (SSSR count). The highest BCUT2D eigenvalue weighted by Crippen LogP contribution is 2.51. The third kappa shape index (κ3) is 2.00. The second-order valence-electron chi connectivity index (χ2n) is 6.19. The van der Waals surface area contributed by atoms with Crippen molar-refractivity contribution < 1.29 is 9.90 Å². The monoisotopic (exact) mass is 279 g/mol. The molecule has 0 atom stereocenters. The van der Waals surface area contributed by atoms with Gasteiger partial charge >= 0.3 is 5.97 Å². The van der Waals surface area contributed by atoms with Crippen LogP contribution < -0.4 is 0 Å². The molecule has 1 N–H and O–H groups in total. The van der Waals surface area contributed by atoms with E-state index < -0.39 is 5.97 Å². The van der Waals surface area contributed by atoms with E-state index in [1.807, 2.05) is 0 Å². The van der Waals surface area contributed by atoms with Crippen LogP contribution in [0.1, 0.15) is 19.3 Å². The second kappa shape index (κ2) is 4.35. The zero-order valence-electron chi connectivity index (χ0n) is 11.7. The molecule has 1 fully saturated rings. The summed E-state index contributed by atoms with van der Waals surface area (Å²) in [5.41, 5.74) is 2.36. The van der Waals surface area contributed by atoms with E-state index in [4.69, 9.17) is 5.11 Å². The minimum Gasteiger partial charge on any atom is -0.481 e. The highest BCUT2D eigenvalue weighted by atomic mass is 16.4. The SMILES string of the molecule is O=C(O)CC1(Cn2c3ccccc3c3ccccc32)CC1. The predicted octanol–water partition coefficient (Wildman–Crippen LogP) is 4.05. The van der Waals surface area contributed by atoms with Crippen molar-refractivity contribution in [3.63, 3.8) is 0 Å². The molecule has 0 saturated heterocycles. The van der Waals surface area contributed by atoms with Crippen molar-refractivity contribution in [2.24, 2.45) is 5.41 Å². The molecule has 0 spiro atoms. The van der Waals surface area contributed by atoms with Crippen molar-refractivity contribution in [1.29, 1.82) is 0 Å². The average molecular weight is 279 g/mol. The van der Waals surface area contributed by atoms with Crippen molar-refractivity contribution in [3.05, 3.63) is 48.5 Å². The number of aromatic nitrogens is 1. The van der Waals surface area contributed by atoms with Crippen molar-refractivity contribution in [3.8, 4) is 0 Å². The number of hydrogen-bond donors (Lipinski definition) is 1. The zero-order valence-corrected chi connectivity index (χ0v) is 11.7. The zero-order chi connectivity index (χ0) is 14.4. The van der Waals surface area contributed by atoms with Gasteiger partial charge < -0.3 is 9.67 Å². The van der Waals surface area contributed by atoms with Crippen LogP contribution >= 0.6 is 0 Å². The van der Waals surface area contributed by atoms with Crippen molar-refractivity contribution in [1.82, 2.24) is 4.57 Å². The Labute approximate surface area is 122 Å². The first-order valence-corrected chi connectivity index (χ1v) is 7.36. The van der Waals surface area contributed by atoms with E-state index in [9.17, 15) is 4.79 Å². The Morgan fingerprint density at radius 1 is 1.00 bits per heavy atom. The highest BCUT2D eigenvalue weighted by molar-refractivity contribution is 6.07. The molecule has 106 valence electrons. The van der Waals surface area contributed by atoms with Gasteiger partial charge in [-0.15, -0.1) is 0 Å². The molecular weight excluding hydrogens is 262 g/mol. The Morgan fingerprint density at radius 3 is 2.00 bits per heavy atom. The molecule has 1 aliphatic carbocycles. The summed E-state index contributed by atoms with van der Waals surface area (Å²) < 4.78 is 2.31. The van der Waals surface area contributed by atoms with E-state index in [0.717, 1.165) is 19.4 Å². The quantitative estimate of drug-likeness (QED) is 0.783. The summed E-state index contributed by atoms with van der Waals surface area (Å²) in [4.78, 5) is 11.1. The topological polar surface area (TPSA) is 42.2 Å². The van der Waals surface area contributed by atoms with Crippen molar-refractivity contribution in [2.75, 3.05) is 0 Å². The molecule has 0 radical (unpaired) electrons. The number of rotatable bonds is 4. The van der Waals surface area contributed by atoms with Crippen LogP contribution in [0.3, 0.4) is 0 Å². The number of aliphatic carboxylic acids is 1. The van der Waals surface area contributed by atoms with Crippen LogP contribution in [-0.4, -0.2) is 15.6 Å². The summed E-state index contributed by atoms with van der Waals surface area (Å²) in [7, 11) is 0. The average Bonchev–Trinajstić information content (AvgIpc) is 3.16. The molecule has 0 aliphatic heterocycles. The van der Waals surface area contributed by atoms with Gasteiger partial charge in [-0.2, -0.15) is 0 Å². The maximum Gasteiger partial charge on any atom is 0.303 e. The number of carboxylic acids is 1. The molecule has 3 heteroatoms. The van der Waals surface area contributed by atoms with Gasteiger partial charge in [0, 0.05) is 28.4 Å². The minimum absolute atomic E-state index is 0.0452. The Morgan fingerprint density at radius 2 is 1.52 bits per heavy atom. The molecular formula is C18H17NO2. The van der Waals surface area contributed by atoms with Gasteiger partial charge in [-0.25, -0.2) is 0 Å². The molecule has 3 nitrogen and oxygen atoms in total. The first-order valence-electron chi connectivity index (χ1n) is 7.36. The Hall–Kier alpha value is -2.29.